The molecular formula is C18H25NO4. The Bertz CT molecular complexity index is 510. The third-order valence-corrected chi connectivity index (χ3v) is 3.71. The van der Waals surface area contributed by atoms with Crippen LogP contribution in [0.3, 0.4) is 0 Å². The number of benzene rings is 1. The zero-order chi connectivity index (χ0) is 17.1. The Hall–Kier alpha value is -2.17. The first-order valence-electron chi connectivity index (χ1n) is 8.09. The standard InChI is InChI=1S/C18H25NO4/c1-3-4-5-6-8-15(2)9-7-10-18(20)23-17-13-11-16(12-14-17)19(21)22/h3,11-15H,1,4-10H2,2H3. The summed E-state index contributed by atoms with van der Waals surface area (Å²) in [5.74, 6) is 0.655. The van der Waals surface area contributed by atoms with Crippen molar-refractivity contribution in [3.05, 3.63) is 47.0 Å². The first-order valence-corrected chi connectivity index (χ1v) is 8.09. The SMILES string of the molecule is C=CCCCCC(C)CCCC(=O)Oc1ccc([N+](=O)[O-])cc1. The molecule has 0 bridgehead atoms. The number of ether oxygens (including phenoxy) is 1. The second-order valence-corrected chi connectivity index (χ2v) is 5.80. The van der Waals surface area contributed by atoms with Gasteiger partial charge in [-0.15, -0.1) is 6.58 Å². The maximum atomic E-state index is 11.7. The van der Waals surface area contributed by atoms with Crippen molar-refractivity contribution in [1.29, 1.82) is 0 Å². The molecule has 0 aliphatic heterocycles. The number of allylic oxidation sites excluding steroid dienone is 1. The molecule has 1 aromatic carbocycles. The molecule has 0 amide bonds. The third-order valence-electron chi connectivity index (χ3n) is 3.71. The fourth-order valence-electron chi connectivity index (χ4n) is 2.34. The van der Waals surface area contributed by atoms with Gasteiger partial charge in [-0.25, -0.2) is 0 Å². The van der Waals surface area contributed by atoms with Gasteiger partial charge < -0.3 is 4.74 Å². The Balaban J connectivity index is 2.21. The van der Waals surface area contributed by atoms with Gasteiger partial charge in [0.1, 0.15) is 5.75 Å². The summed E-state index contributed by atoms with van der Waals surface area (Å²) in [5, 5.41) is 10.5. The predicted octanol–water partition coefficient (Wildman–Crippen LogP) is 5.05. The Morgan fingerprint density at radius 3 is 2.52 bits per heavy atom. The van der Waals surface area contributed by atoms with E-state index >= 15 is 0 Å². The van der Waals surface area contributed by atoms with Crippen LogP contribution in [0.15, 0.2) is 36.9 Å². The highest BCUT2D eigenvalue weighted by Gasteiger charge is 2.09. The van der Waals surface area contributed by atoms with Gasteiger partial charge in [0.25, 0.3) is 5.69 Å². The minimum Gasteiger partial charge on any atom is -0.427 e. The number of nitro benzene ring substituents is 1. The van der Waals surface area contributed by atoms with E-state index in [2.05, 4.69) is 13.5 Å². The number of nitro groups is 1. The molecule has 0 fully saturated rings. The van der Waals surface area contributed by atoms with Crippen molar-refractivity contribution in [3.63, 3.8) is 0 Å². The summed E-state index contributed by atoms with van der Waals surface area (Å²) in [4.78, 5) is 21.8. The van der Waals surface area contributed by atoms with Crippen LogP contribution in [-0.2, 0) is 4.79 Å². The van der Waals surface area contributed by atoms with Crippen LogP contribution < -0.4 is 4.74 Å². The van der Waals surface area contributed by atoms with Gasteiger partial charge in [-0.1, -0.05) is 32.3 Å². The number of carbonyl (C=O) groups excluding carboxylic acids is 1. The van der Waals surface area contributed by atoms with Gasteiger partial charge in [0, 0.05) is 18.6 Å². The number of carbonyl (C=O) groups is 1. The number of hydrogen-bond acceptors (Lipinski definition) is 4. The summed E-state index contributed by atoms with van der Waals surface area (Å²) in [7, 11) is 0. The van der Waals surface area contributed by atoms with Gasteiger partial charge in [0.15, 0.2) is 0 Å². The highest BCUT2D eigenvalue weighted by Crippen LogP contribution is 2.19. The van der Waals surface area contributed by atoms with Crippen LogP contribution in [0.5, 0.6) is 5.75 Å². The van der Waals surface area contributed by atoms with Crippen molar-refractivity contribution >= 4 is 11.7 Å². The van der Waals surface area contributed by atoms with Crippen LogP contribution >= 0.6 is 0 Å². The number of nitrogens with zero attached hydrogens (tertiary/aromatic N) is 1. The Morgan fingerprint density at radius 2 is 1.91 bits per heavy atom. The molecule has 1 unspecified atom stereocenters. The molecule has 126 valence electrons. The number of unbranched alkanes of at least 4 members (excludes halogenated alkanes) is 2. The summed E-state index contributed by atoms with van der Waals surface area (Å²) in [5.41, 5.74) is -0.0184. The summed E-state index contributed by atoms with van der Waals surface area (Å²) in [6.07, 6.45) is 8.72. The molecule has 0 spiro atoms. The van der Waals surface area contributed by atoms with E-state index in [0.717, 1.165) is 19.3 Å². The molecule has 1 rings (SSSR count). The highest BCUT2D eigenvalue weighted by molar-refractivity contribution is 5.72. The fraction of sp³-hybridized carbons (Fsp3) is 0.500. The lowest BCUT2D eigenvalue weighted by molar-refractivity contribution is -0.384. The normalized spacial score (nSPS) is 11.7. The van der Waals surface area contributed by atoms with E-state index < -0.39 is 4.92 Å². The van der Waals surface area contributed by atoms with E-state index in [1.165, 1.54) is 43.5 Å². The average Bonchev–Trinajstić information content (AvgIpc) is 2.52. The quantitative estimate of drug-likeness (QED) is 0.143. The maximum absolute atomic E-state index is 11.7. The Labute approximate surface area is 137 Å². The second-order valence-electron chi connectivity index (χ2n) is 5.80. The largest absolute Gasteiger partial charge is 0.427 e. The van der Waals surface area contributed by atoms with Crippen LogP contribution in [0, 0.1) is 16.0 Å². The summed E-state index contributed by atoms with van der Waals surface area (Å²) in [6, 6.07) is 5.54. The first kappa shape index (κ1) is 18.9. The molecule has 0 N–H and O–H groups in total. The minimum absolute atomic E-state index is 0.0184. The molecule has 0 radical (unpaired) electrons. The third kappa shape index (κ3) is 8.14. The number of non-ortho nitro benzene ring substituents is 1. The smallest absolute Gasteiger partial charge is 0.311 e. The Kier molecular flexibility index (Phi) is 8.65. The topological polar surface area (TPSA) is 69.4 Å². The second kappa shape index (κ2) is 10.5. The van der Waals surface area contributed by atoms with E-state index in [1.54, 1.807) is 0 Å². The van der Waals surface area contributed by atoms with E-state index in [9.17, 15) is 14.9 Å². The van der Waals surface area contributed by atoms with E-state index in [1.807, 2.05) is 6.08 Å². The lowest BCUT2D eigenvalue weighted by Crippen LogP contribution is -2.08. The molecule has 1 aromatic rings. The summed E-state index contributed by atoms with van der Waals surface area (Å²) in [6.45, 7) is 5.91. The van der Waals surface area contributed by atoms with Crippen LogP contribution in [-0.4, -0.2) is 10.9 Å². The van der Waals surface area contributed by atoms with Crippen molar-refractivity contribution < 1.29 is 14.5 Å². The molecule has 1 atom stereocenters. The summed E-state index contributed by atoms with van der Waals surface area (Å²) >= 11 is 0. The molecule has 0 aliphatic carbocycles. The van der Waals surface area contributed by atoms with Gasteiger partial charge >= 0.3 is 5.97 Å². The summed E-state index contributed by atoms with van der Waals surface area (Å²) < 4.78 is 5.17. The van der Waals surface area contributed by atoms with Crippen molar-refractivity contribution in [2.24, 2.45) is 5.92 Å². The van der Waals surface area contributed by atoms with Crippen molar-refractivity contribution in [3.8, 4) is 5.75 Å². The van der Waals surface area contributed by atoms with Crippen molar-refractivity contribution in [1.82, 2.24) is 0 Å². The van der Waals surface area contributed by atoms with Crippen LogP contribution in [0.2, 0.25) is 0 Å². The molecule has 0 saturated carbocycles. The number of esters is 1. The molecular weight excluding hydrogens is 294 g/mol. The Morgan fingerprint density at radius 1 is 1.26 bits per heavy atom. The van der Waals surface area contributed by atoms with Gasteiger partial charge in [0.05, 0.1) is 4.92 Å². The molecule has 5 nitrogen and oxygen atoms in total. The highest BCUT2D eigenvalue weighted by atomic mass is 16.6. The molecule has 0 aliphatic rings. The first-order chi connectivity index (χ1) is 11.0. The van der Waals surface area contributed by atoms with Gasteiger partial charge in [-0.05, 0) is 37.3 Å². The van der Waals surface area contributed by atoms with Crippen molar-refractivity contribution in [2.75, 3.05) is 0 Å². The average molecular weight is 319 g/mol. The zero-order valence-corrected chi connectivity index (χ0v) is 13.7. The molecule has 5 heteroatoms. The molecule has 23 heavy (non-hydrogen) atoms. The predicted molar refractivity (Wildman–Crippen MR) is 90.4 cm³/mol. The van der Waals surface area contributed by atoms with E-state index in [4.69, 9.17) is 4.74 Å². The zero-order valence-electron chi connectivity index (χ0n) is 13.7. The lowest BCUT2D eigenvalue weighted by Gasteiger charge is -2.10. The maximum Gasteiger partial charge on any atom is 0.311 e. The monoisotopic (exact) mass is 319 g/mol. The van der Waals surface area contributed by atoms with Crippen molar-refractivity contribution in [2.45, 2.75) is 51.9 Å². The molecule has 0 aromatic heterocycles. The number of rotatable bonds is 11. The van der Waals surface area contributed by atoms with E-state index in [-0.39, 0.29) is 11.7 Å². The minimum atomic E-state index is -0.484. The molecule has 0 heterocycles. The number of hydrogen-bond donors (Lipinski definition) is 0. The van der Waals surface area contributed by atoms with Gasteiger partial charge in [-0.3, -0.25) is 14.9 Å². The van der Waals surface area contributed by atoms with Crippen LogP contribution in [0.1, 0.15) is 51.9 Å². The van der Waals surface area contributed by atoms with Gasteiger partial charge in [0.2, 0.25) is 0 Å². The fourth-order valence-corrected chi connectivity index (χ4v) is 2.34. The van der Waals surface area contributed by atoms with Crippen LogP contribution in [0.25, 0.3) is 0 Å². The van der Waals surface area contributed by atoms with Gasteiger partial charge in [-0.2, -0.15) is 0 Å². The molecule has 0 saturated heterocycles. The lowest BCUT2D eigenvalue weighted by atomic mass is 9.97. The van der Waals surface area contributed by atoms with Crippen LogP contribution in [0.4, 0.5) is 5.69 Å². The van der Waals surface area contributed by atoms with E-state index in [0.29, 0.717) is 18.1 Å².